The first-order valence-electron chi connectivity index (χ1n) is 10.1. The molecule has 2 aliphatic rings. The fourth-order valence-corrected chi connectivity index (χ4v) is 4.30. The number of piperidine rings is 1. The Balaban J connectivity index is 1.32. The van der Waals surface area contributed by atoms with E-state index in [4.69, 9.17) is 0 Å². The van der Waals surface area contributed by atoms with Gasteiger partial charge in [0, 0.05) is 57.7 Å². The molecule has 2 saturated heterocycles. The normalized spacial score (nSPS) is 21.0. The number of pyridine rings is 1. The zero-order valence-corrected chi connectivity index (χ0v) is 16.1. The van der Waals surface area contributed by atoms with Crippen LogP contribution in [0.3, 0.4) is 0 Å². The fraction of sp³-hybridized carbons (Fsp3) is 0.455. The van der Waals surface area contributed by atoms with Crippen molar-refractivity contribution >= 4 is 11.6 Å². The van der Waals surface area contributed by atoms with E-state index < -0.39 is 0 Å². The van der Waals surface area contributed by atoms with E-state index in [1.54, 1.807) is 18.5 Å². The summed E-state index contributed by atoms with van der Waals surface area (Å²) in [6.07, 6.45) is 6.07. The van der Waals surface area contributed by atoms with Crippen molar-refractivity contribution in [3.8, 4) is 0 Å². The molecule has 2 aromatic rings. The molecule has 0 spiro atoms. The number of amides is 1. The van der Waals surface area contributed by atoms with Crippen LogP contribution in [-0.2, 0) is 11.2 Å². The number of carbonyl (C=O) groups excluding carboxylic acids is 1. The van der Waals surface area contributed by atoms with Gasteiger partial charge in [0.15, 0.2) is 0 Å². The number of carbonyl (C=O) groups is 1. The van der Waals surface area contributed by atoms with Gasteiger partial charge in [0.1, 0.15) is 5.82 Å². The predicted octanol–water partition coefficient (Wildman–Crippen LogP) is 2.58. The number of anilines is 1. The summed E-state index contributed by atoms with van der Waals surface area (Å²) in [5.74, 6) is 0.0310. The third-order valence-electron chi connectivity index (χ3n) is 5.85. The Kier molecular flexibility index (Phi) is 5.86. The largest absolute Gasteiger partial charge is 0.367 e. The van der Waals surface area contributed by atoms with Crippen LogP contribution in [0.5, 0.6) is 0 Å². The van der Waals surface area contributed by atoms with Gasteiger partial charge in [-0.25, -0.2) is 4.39 Å². The molecule has 0 aliphatic carbocycles. The summed E-state index contributed by atoms with van der Waals surface area (Å²) < 4.78 is 14.0. The Hall–Kier alpha value is -2.47. The quantitative estimate of drug-likeness (QED) is 0.815. The number of hydrogen-bond acceptors (Lipinski definition) is 4. The standard InChI is InChI=1S/C22H27FN4O/c23-20-7-1-2-8-21(20)26-13-11-25(12-14-26)19-6-4-10-27(17-19)22(28)15-18-5-3-9-24-16-18/h1-3,5,7-9,16,19H,4,6,10-15,17H2/t19-/m0/s1. The number of halogens is 1. The van der Waals surface area contributed by atoms with Crippen molar-refractivity contribution in [3.05, 3.63) is 60.2 Å². The summed E-state index contributed by atoms with van der Waals surface area (Å²) in [6, 6.07) is 11.2. The molecule has 1 atom stereocenters. The highest BCUT2D eigenvalue weighted by Gasteiger charge is 2.30. The zero-order chi connectivity index (χ0) is 19.3. The van der Waals surface area contributed by atoms with Crippen LogP contribution < -0.4 is 4.90 Å². The van der Waals surface area contributed by atoms with Crippen molar-refractivity contribution in [3.63, 3.8) is 0 Å². The molecule has 2 aliphatic heterocycles. The number of hydrogen-bond donors (Lipinski definition) is 0. The molecule has 2 fully saturated rings. The minimum atomic E-state index is -0.152. The number of benzene rings is 1. The third kappa shape index (κ3) is 4.33. The smallest absolute Gasteiger partial charge is 0.227 e. The molecule has 1 amide bonds. The van der Waals surface area contributed by atoms with Crippen molar-refractivity contribution in [2.24, 2.45) is 0 Å². The second-order valence-electron chi connectivity index (χ2n) is 7.65. The Morgan fingerprint density at radius 1 is 1.07 bits per heavy atom. The highest BCUT2D eigenvalue weighted by molar-refractivity contribution is 5.78. The van der Waals surface area contributed by atoms with Gasteiger partial charge >= 0.3 is 0 Å². The molecule has 28 heavy (non-hydrogen) atoms. The summed E-state index contributed by atoms with van der Waals surface area (Å²) in [6.45, 7) is 5.08. The second kappa shape index (κ2) is 8.69. The summed E-state index contributed by atoms with van der Waals surface area (Å²) >= 11 is 0. The molecule has 0 radical (unpaired) electrons. The van der Waals surface area contributed by atoms with Gasteiger partial charge in [0.05, 0.1) is 12.1 Å². The average Bonchev–Trinajstić information content (AvgIpc) is 2.75. The molecular weight excluding hydrogens is 355 g/mol. The van der Waals surface area contributed by atoms with Crippen LogP contribution in [0.25, 0.3) is 0 Å². The van der Waals surface area contributed by atoms with Crippen molar-refractivity contribution in [1.29, 1.82) is 0 Å². The van der Waals surface area contributed by atoms with Gasteiger partial charge in [-0.15, -0.1) is 0 Å². The number of likely N-dealkylation sites (tertiary alicyclic amines) is 1. The lowest BCUT2D eigenvalue weighted by molar-refractivity contribution is -0.132. The highest BCUT2D eigenvalue weighted by atomic mass is 19.1. The Bertz CT molecular complexity index is 792. The number of para-hydroxylation sites is 1. The second-order valence-corrected chi connectivity index (χ2v) is 7.65. The van der Waals surface area contributed by atoms with Crippen LogP contribution in [0.15, 0.2) is 48.8 Å². The molecule has 4 rings (SSSR count). The van der Waals surface area contributed by atoms with E-state index in [0.717, 1.165) is 57.7 Å². The molecular formula is C22H27FN4O. The topological polar surface area (TPSA) is 39.7 Å². The van der Waals surface area contributed by atoms with Gasteiger partial charge in [-0.05, 0) is 36.6 Å². The molecule has 0 bridgehead atoms. The average molecular weight is 382 g/mol. The van der Waals surface area contributed by atoms with Crippen LogP contribution in [-0.4, -0.2) is 66.0 Å². The minimum Gasteiger partial charge on any atom is -0.367 e. The minimum absolute atomic E-state index is 0.152. The molecule has 0 N–H and O–H groups in total. The molecule has 1 aromatic carbocycles. The third-order valence-corrected chi connectivity index (χ3v) is 5.85. The lowest BCUT2D eigenvalue weighted by atomic mass is 10.0. The van der Waals surface area contributed by atoms with Crippen LogP contribution in [0.4, 0.5) is 10.1 Å². The van der Waals surface area contributed by atoms with E-state index >= 15 is 0 Å². The number of rotatable bonds is 4. The van der Waals surface area contributed by atoms with Gasteiger partial charge in [-0.1, -0.05) is 18.2 Å². The van der Waals surface area contributed by atoms with E-state index in [1.807, 2.05) is 29.2 Å². The Labute approximate surface area is 165 Å². The maximum Gasteiger partial charge on any atom is 0.227 e. The van der Waals surface area contributed by atoms with Gasteiger partial charge in [0.2, 0.25) is 5.91 Å². The molecule has 6 heteroatoms. The van der Waals surface area contributed by atoms with Gasteiger partial charge < -0.3 is 9.80 Å². The molecule has 3 heterocycles. The molecule has 0 saturated carbocycles. The van der Waals surface area contributed by atoms with Gasteiger partial charge in [0.25, 0.3) is 0 Å². The highest BCUT2D eigenvalue weighted by Crippen LogP contribution is 2.23. The molecule has 5 nitrogen and oxygen atoms in total. The first kappa shape index (κ1) is 18.9. The van der Waals surface area contributed by atoms with Crippen LogP contribution >= 0.6 is 0 Å². The molecule has 1 aromatic heterocycles. The van der Waals surface area contributed by atoms with Crippen molar-refractivity contribution in [1.82, 2.24) is 14.8 Å². The number of aromatic nitrogens is 1. The maximum atomic E-state index is 14.0. The summed E-state index contributed by atoms with van der Waals surface area (Å²) in [5, 5.41) is 0. The van der Waals surface area contributed by atoms with E-state index in [1.165, 1.54) is 6.07 Å². The van der Waals surface area contributed by atoms with Crippen molar-refractivity contribution in [2.75, 3.05) is 44.2 Å². The van der Waals surface area contributed by atoms with E-state index in [9.17, 15) is 9.18 Å². The van der Waals surface area contributed by atoms with Crippen molar-refractivity contribution < 1.29 is 9.18 Å². The van der Waals surface area contributed by atoms with E-state index in [2.05, 4.69) is 14.8 Å². The van der Waals surface area contributed by atoms with Gasteiger partial charge in [-0.3, -0.25) is 14.7 Å². The summed E-state index contributed by atoms with van der Waals surface area (Å²) in [4.78, 5) is 23.4. The van der Waals surface area contributed by atoms with Gasteiger partial charge in [-0.2, -0.15) is 0 Å². The Morgan fingerprint density at radius 3 is 2.64 bits per heavy atom. The van der Waals surface area contributed by atoms with E-state index in [-0.39, 0.29) is 11.7 Å². The first-order chi connectivity index (χ1) is 13.7. The lowest BCUT2D eigenvalue weighted by Gasteiger charge is -2.44. The SMILES string of the molecule is O=C(Cc1cccnc1)N1CCC[C@H](N2CCN(c3ccccc3F)CC2)C1. The number of piperazine rings is 1. The summed E-state index contributed by atoms with van der Waals surface area (Å²) in [5.41, 5.74) is 1.66. The summed E-state index contributed by atoms with van der Waals surface area (Å²) in [7, 11) is 0. The monoisotopic (exact) mass is 382 g/mol. The van der Waals surface area contributed by atoms with Crippen LogP contribution in [0.2, 0.25) is 0 Å². The fourth-order valence-electron chi connectivity index (χ4n) is 4.30. The zero-order valence-electron chi connectivity index (χ0n) is 16.1. The molecule has 148 valence electrons. The lowest BCUT2D eigenvalue weighted by Crippen LogP contribution is -2.56. The van der Waals surface area contributed by atoms with Crippen LogP contribution in [0, 0.1) is 5.82 Å². The predicted molar refractivity (Wildman–Crippen MR) is 108 cm³/mol. The molecule has 0 unspecified atom stereocenters. The van der Waals surface area contributed by atoms with E-state index in [0.29, 0.717) is 18.2 Å². The maximum absolute atomic E-state index is 14.0. The first-order valence-corrected chi connectivity index (χ1v) is 10.1. The Morgan fingerprint density at radius 2 is 1.89 bits per heavy atom. The van der Waals surface area contributed by atoms with Crippen LogP contribution in [0.1, 0.15) is 18.4 Å². The van der Waals surface area contributed by atoms with Crippen molar-refractivity contribution in [2.45, 2.75) is 25.3 Å². The number of nitrogens with zero attached hydrogens (tertiary/aromatic N) is 4.